The number of carbonyl (C=O) groups excluding carboxylic acids is 1. The van der Waals surface area contributed by atoms with Crippen molar-refractivity contribution in [1.29, 1.82) is 0 Å². The van der Waals surface area contributed by atoms with Gasteiger partial charge in [0.1, 0.15) is 11.5 Å². The normalized spacial score (nSPS) is 11.2. The Balaban J connectivity index is 1.36. The van der Waals surface area contributed by atoms with Gasteiger partial charge in [0, 0.05) is 48.1 Å². The van der Waals surface area contributed by atoms with Crippen LogP contribution in [-0.4, -0.2) is 20.4 Å². The molecule has 2 heterocycles. The lowest BCUT2D eigenvalue weighted by Gasteiger charge is -2.19. The summed E-state index contributed by atoms with van der Waals surface area (Å²) in [7, 11) is 1.69. The second-order valence-electron chi connectivity index (χ2n) is 11.1. The minimum Gasteiger partial charge on any atom is -0.457 e. The molecule has 0 aliphatic carbocycles. The van der Waals surface area contributed by atoms with Crippen molar-refractivity contribution in [3.8, 4) is 22.8 Å². The Kier molecular flexibility index (Phi) is 7.88. The molecule has 2 aromatic heterocycles. The van der Waals surface area contributed by atoms with Gasteiger partial charge in [-0.1, -0.05) is 45.0 Å². The van der Waals surface area contributed by atoms with Crippen molar-refractivity contribution in [2.75, 3.05) is 10.6 Å². The second kappa shape index (κ2) is 11.7. The second-order valence-corrected chi connectivity index (χ2v) is 11.1. The quantitative estimate of drug-likeness (QED) is 0.218. The average molecular weight is 560 g/mol. The van der Waals surface area contributed by atoms with E-state index in [2.05, 4.69) is 41.4 Å². The molecule has 0 atom stereocenters. The van der Waals surface area contributed by atoms with E-state index in [-0.39, 0.29) is 22.7 Å². The van der Waals surface area contributed by atoms with Crippen molar-refractivity contribution < 1.29 is 9.53 Å². The predicted molar refractivity (Wildman–Crippen MR) is 167 cm³/mol. The van der Waals surface area contributed by atoms with E-state index in [0.29, 0.717) is 34.1 Å². The third kappa shape index (κ3) is 6.39. The largest absolute Gasteiger partial charge is 0.457 e. The molecular weight excluding hydrogens is 526 g/mol. The van der Waals surface area contributed by atoms with Crippen LogP contribution in [0.2, 0.25) is 0 Å². The maximum atomic E-state index is 13.1. The SMILES string of the molecule is Cc1c(NC(=O)c2ccc(C(C)(C)C)cc2)cccc1-c1cn(C)c(=O)c(Nc2ccc(Oc3ccncc3)cc2)n1. The number of nitrogens with zero attached hydrogens (tertiary/aromatic N) is 3. The molecule has 212 valence electrons. The van der Waals surface area contributed by atoms with Crippen LogP contribution in [0.1, 0.15) is 42.3 Å². The number of rotatable bonds is 7. The first-order valence-corrected chi connectivity index (χ1v) is 13.6. The van der Waals surface area contributed by atoms with Gasteiger partial charge in [0.05, 0.1) is 5.69 Å². The Morgan fingerprint density at radius 3 is 2.21 bits per heavy atom. The Hall–Kier alpha value is -5.24. The zero-order valence-electron chi connectivity index (χ0n) is 24.3. The lowest BCUT2D eigenvalue weighted by Crippen LogP contribution is -2.21. The number of carbonyl (C=O) groups is 1. The average Bonchev–Trinajstić information content (AvgIpc) is 2.97. The van der Waals surface area contributed by atoms with Gasteiger partial charge in [-0.25, -0.2) is 4.98 Å². The molecule has 42 heavy (non-hydrogen) atoms. The van der Waals surface area contributed by atoms with Crippen molar-refractivity contribution in [3.63, 3.8) is 0 Å². The van der Waals surface area contributed by atoms with Crippen molar-refractivity contribution in [2.45, 2.75) is 33.1 Å². The van der Waals surface area contributed by atoms with Crippen LogP contribution in [0.5, 0.6) is 11.5 Å². The number of benzene rings is 3. The van der Waals surface area contributed by atoms with Crippen molar-refractivity contribution >= 4 is 23.1 Å². The summed E-state index contributed by atoms with van der Waals surface area (Å²) in [5, 5.41) is 6.17. The van der Waals surface area contributed by atoms with Crippen LogP contribution in [0.15, 0.2) is 102 Å². The van der Waals surface area contributed by atoms with Crippen LogP contribution in [0, 0.1) is 6.92 Å². The number of hydrogen-bond donors (Lipinski definition) is 2. The summed E-state index contributed by atoms with van der Waals surface area (Å²) in [6.07, 6.45) is 5.02. The predicted octanol–water partition coefficient (Wildman–Crippen LogP) is 7.24. The number of hydrogen-bond acceptors (Lipinski definition) is 6. The summed E-state index contributed by atoms with van der Waals surface area (Å²) in [6.45, 7) is 8.35. The van der Waals surface area contributed by atoms with Crippen molar-refractivity contribution in [1.82, 2.24) is 14.5 Å². The van der Waals surface area contributed by atoms with E-state index in [9.17, 15) is 9.59 Å². The topological polar surface area (TPSA) is 98.1 Å². The molecule has 1 amide bonds. The fourth-order valence-electron chi connectivity index (χ4n) is 4.47. The van der Waals surface area contributed by atoms with Crippen LogP contribution < -0.4 is 20.9 Å². The van der Waals surface area contributed by atoms with Gasteiger partial charge in [-0.05, 0) is 78.1 Å². The van der Waals surface area contributed by atoms with E-state index in [0.717, 1.165) is 16.7 Å². The van der Waals surface area contributed by atoms with Crippen LogP contribution in [0.25, 0.3) is 11.3 Å². The number of pyridine rings is 1. The third-order valence-corrected chi connectivity index (χ3v) is 6.94. The highest BCUT2D eigenvalue weighted by atomic mass is 16.5. The molecular formula is C34H33N5O3. The van der Waals surface area contributed by atoms with E-state index in [1.54, 1.807) is 37.8 Å². The summed E-state index contributed by atoms with van der Waals surface area (Å²) in [4.78, 5) is 34.7. The summed E-state index contributed by atoms with van der Waals surface area (Å²) < 4.78 is 7.32. The molecule has 0 radical (unpaired) electrons. The summed E-state index contributed by atoms with van der Waals surface area (Å²) in [5.41, 5.74) is 5.09. The standard InChI is InChI=1S/C34H33N5O3/c1-22-28(7-6-8-29(22)38-32(40)23-9-11-24(12-10-23)34(2,3)4)30-21-39(5)33(41)31(37-30)36-25-13-15-26(16-14-25)42-27-17-19-35-20-18-27/h6-21H,1-5H3,(H,36,37)(H,38,40). The molecule has 0 saturated heterocycles. The Bertz CT molecular complexity index is 1770. The lowest BCUT2D eigenvalue weighted by molar-refractivity contribution is 0.102. The number of aromatic nitrogens is 3. The number of aryl methyl sites for hydroxylation is 1. The zero-order chi connectivity index (χ0) is 29.9. The van der Waals surface area contributed by atoms with Gasteiger partial charge in [-0.3, -0.25) is 14.6 Å². The molecule has 0 aliphatic rings. The van der Waals surface area contributed by atoms with Gasteiger partial charge < -0.3 is 19.9 Å². The highest BCUT2D eigenvalue weighted by Crippen LogP contribution is 2.29. The highest BCUT2D eigenvalue weighted by Gasteiger charge is 2.16. The Morgan fingerprint density at radius 1 is 0.881 bits per heavy atom. The molecule has 0 aliphatic heterocycles. The number of anilines is 3. The summed E-state index contributed by atoms with van der Waals surface area (Å²) in [6, 6.07) is 24.1. The van der Waals surface area contributed by atoms with E-state index in [1.807, 2.05) is 73.7 Å². The molecule has 5 aromatic rings. The Labute approximate surface area is 245 Å². The van der Waals surface area contributed by atoms with Gasteiger partial charge in [-0.2, -0.15) is 0 Å². The van der Waals surface area contributed by atoms with Gasteiger partial charge in [-0.15, -0.1) is 0 Å². The number of ether oxygens (including phenoxy) is 1. The lowest BCUT2D eigenvalue weighted by atomic mass is 9.86. The van der Waals surface area contributed by atoms with E-state index >= 15 is 0 Å². The fourth-order valence-corrected chi connectivity index (χ4v) is 4.47. The summed E-state index contributed by atoms with van der Waals surface area (Å²) in [5.74, 6) is 1.33. The molecule has 0 fully saturated rings. The van der Waals surface area contributed by atoms with Crippen LogP contribution in [-0.2, 0) is 12.5 Å². The first kappa shape index (κ1) is 28.3. The molecule has 0 bridgehead atoms. The number of nitrogens with one attached hydrogen (secondary N) is 2. The van der Waals surface area contributed by atoms with E-state index in [1.165, 1.54) is 4.57 Å². The van der Waals surface area contributed by atoms with E-state index in [4.69, 9.17) is 4.74 Å². The third-order valence-electron chi connectivity index (χ3n) is 6.94. The van der Waals surface area contributed by atoms with Gasteiger partial charge >= 0.3 is 0 Å². The highest BCUT2D eigenvalue weighted by molar-refractivity contribution is 6.05. The van der Waals surface area contributed by atoms with Crippen molar-refractivity contribution in [2.24, 2.45) is 7.05 Å². The molecule has 5 rings (SSSR count). The maximum absolute atomic E-state index is 13.1. The molecule has 0 spiro atoms. The molecule has 0 saturated carbocycles. The Morgan fingerprint density at radius 2 is 1.55 bits per heavy atom. The van der Waals surface area contributed by atoms with Gasteiger partial charge in [0.2, 0.25) is 0 Å². The van der Waals surface area contributed by atoms with Crippen molar-refractivity contribution in [3.05, 3.63) is 124 Å². The first-order valence-electron chi connectivity index (χ1n) is 13.6. The molecule has 2 N–H and O–H groups in total. The minimum atomic E-state index is -0.267. The van der Waals surface area contributed by atoms with Crippen LogP contribution >= 0.6 is 0 Å². The maximum Gasteiger partial charge on any atom is 0.293 e. The molecule has 3 aromatic carbocycles. The smallest absolute Gasteiger partial charge is 0.293 e. The number of amides is 1. The minimum absolute atomic E-state index is 0.00868. The van der Waals surface area contributed by atoms with Gasteiger partial charge in [0.15, 0.2) is 5.82 Å². The molecule has 8 nitrogen and oxygen atoms in total. The molecule has 0 unspecified atom stereocenters. The monoisotopic (exact) mass is 559 g/mol. The van der Waals surface area contributed by atoms with Gasteiger partial charge in [0.25, 0.3) is 11.5 Å². The fraction of sp³-hybridized carbons (Fsp3) is 0.176. The molecule has 8 heteroatoms. The first-order chi connectivity index (χ1) is 20.1. The summed E-state index contributed by atoms with van der Waals surface area (Å²) >= 11 is 0. The zero-order valence-corrected chi connectivity index (χ0v) is 24.3. The van der Waals surface area contributed by atoms with Crippen LogP contribution in [0.3, 0.4) is 0 Å². The van der Waals surface area contributed by atoms with Crippen LogP contribution in [0.4, 0.5) is 17.2 Å². The van der Waals surface area contributed by atoms with E-state index < -0.39 is 0 Å².